The highest BCUT2D eigenvalue weighted by atomic mass is 16.5. The average molecular weight is 335 g/mol. The minimum atomic E-state index is -0.904. The Morgan fingerprint density at radius 3 is 2.52 bits per heavy atom. The van der Waals surface area contributed by atoms with E-state index in [0.717, 1.165) is 28.0 Å². The van der Waals surface area contributed by atoms with Crippen molar-refractivity contribution in [3.8, 4) is 0 Å². The molecule has 0 radical (unpaired) electrons. The Balaban J connectivity index is 2.07. The molecule has 4 nitrogen and oxygen atoms in total. The van der Waals surface area contributed by atoms with E-state index in [1.807, 2.05) is 20.2 Å². The number of anilines is 1. The molecule has 0 aromatic heterocycles. The van der Waals surface area contributed by atoms with Crippen LogP contribution in [0, 0.1) is 0 Å². The van der Waals surface area contributed by atoms with Crippen molar-refractivity contribution in [3.63, 3.8) is 0 Å². The molecule has 4 rings (SSSR count). The number of benzene rings is 1. The van der Waals surface area contributed by atoms with Gasteiger partial charge in [-0.3, -0.25) is 0 Å². The van der Waals surface area contributed by atoms with Gasteiger partial charge in [-0.05, 0) is 29.3 Å². The third-order valence-electron chi connectivity index (χ3n) is 5.50. The van der Waals surface area contributed by atoms with E-state index in [4.69, 9.17) is 4.65 Å². The molecule has 1 N–H and O–H groups in total. The lowest BCUT2D eigenvalue weighted by Crippen LogP contribution is -2.33. The molecular weight excluding hydrogens is 311 g/mol. The van der Waals surface area contributed by atoms with E-state index in [9.17, 15) is 5.02 Å². The molecule has 0 amide bonds. The number of nitrogens with zero attached hydrogens (tertiary/aromatic N) is 2. The molecule has 2 aliphatic carbocycles. The lowest BCUT2D eigenvalue weighted by atomic mass is 9.64. The summed E-state index contributed by atoms with van der Waals surface area (Å²) in [6, 6.07) is 4.26. The van der Waals surface area contributed by atoms with Gasteiger partial charge in [0.05, 0.1) is 0 Å². The van der Waals surface area contributed by atoms with Gasteiger partial charge >= 0.3 is 7.12 Å². The zero-order chi connectivity index (χ0) is 18.1. The SMILES string of the molecule is CN(C)c1cc2c3c(c1)C(C)(C)C1=CC(=[N+](C)C)C=CC1=C3OB2O. The zero-order valence-electron chi connectivity index (χ0n) is 15.7. The summed E-state index contributed by atoms with van der Waals surface area (Å²) >= 11 is 0. The molecule has 1 aromatic rings. The zero-order valence-corrected chi connectivity index (χ0v) is 15.7. The fourth-order valence-corrected chi connectivity index (χ4v) is 3.95. The fourth-order valence-electron chi connectivity index (χ4n) is 3.95. The van der Waals surface area contributed by atoms with E-state index in [-0.39, 0.29) is 5.41 Å². The molecule has 0 unspecified atom stereocenters. The minimum absolute atomic E-state index is 0.172. The van der Waals surface area contributed by atoms with Gasteiger partial charge in [-0.15, -0.1) is 0 Å². The highest BCUT2D eigenvalue weighted by Crippen LogP contribution is 2.50. The second-order valence-electron chi connectivity index (χ2n) is 7.90. The van der Waals surface area contributed by atoms with Crippen LogP contribution in [-0.4, -0.2) is 50.6 Å². The van der Waals surface area contributed by atoms with E-state index in [0.29, 0.717) is 0 Å². The van der Waals surface area contributed by atoms with Gasteiger partial charge in [0.15, 0.2) is 5.71 Å². The number of fused-ring (bicyclic) bond motifs is 1. The van der Waals surface area contributed by atoms with Crippen LogP contribution in [0.2, 0.25) is 0 Å². The summed E-state index contributed by atoms with van der Waals surface area (Å²) in [5.74, 6) is 0.808. The molecule has 0 bridgehead atoms. The molecule has 0 saturated heterocycles. The van der Waals surface area contributed by atoms with E-state index in [2.05, 4.69) is 61.7 Å². The Kier molecular flexibility index (Phi) is 3.32. The van der Waals surface area contributed by atoms with Crippen LogP contribution in [0.25, 0.3) is 5.76 Å². The molecule has 0 fully saturated rings. The molecule has 5 heteroatoms. The number of hydrogen-bond donors (Lipinski definition) is 1. The number of rotatable bonds is 1. The van der Waals surface area contributed by atoms with Gasteiger partial charge in [0.25, 0.3) is 0 Å². The standard InChI is InChI=1S/C20H24BN2O2/c1-20(2)15-9-12(22(3)4)7-8-14(15)19-18-16(20)10-13(23(5)6)11-17(18)21(24)25-19/h7-11,24H,1-6H3/q+1. The molecule has 128 valence electrons. The van der Waals surface area contributed by atoms with E-state index < -0.39 is 7.12 Å². The first-order valence-electron chi connectivity index (χ1n) is 8.62. The minimum Gasteiger partial charge on any atom is -0.531 e. The summed E-state index contributed by atoms with van der Waals surface area (Å²) in [5, 5.41) is 10.5. The van der Waals surface area contributed by atoms with Gasteiger partial charge in [0.2, 0.25) is 0 Å². The second-order valence-corrected chi connectivity index (χ2v) is 7.90. The van der Waals surface area contributed by atoms with Crippen molar-refractivity contribution < 1.29 is 14.3 Å². The van der Waals surface area contributed by atoms with Crippen molar-refractivity contribution in [2.45, 2.75) is 19.3 Å². The van der Waals surface area contributed by atoms with Gasteiger partial charge in [0, 0.05) is 53.9 Å². The Hall–Kier alpha value is -2.27. The average Bonchev–Trinajstić information content (AvgIpc) is 2.89. The monoisotopic (exact) mass is 335 g/mol. The maximum atomic E-state index is 10.5. The third-order valence-corrected chi connectivity index (χ3v) is 5.50. The number of allylic oxidation sites excluding steroid dienone is 5. The molecule has 25 heavy (non-hydrogen) atoms. The van der Waals surface area contributed by atoms with Crippen LogP contribution in [0.5, 0.6) is 0 Å². The van der Waals surface area contributed by atoms with Crippen LogP contribution in [0.3, 0.4) is 0 Å². The first-order valence-corrected chi connectivity index (χ1v) is 8.62. The van der Waals surface area contributed by atoms with Gasteiger partial charge in [-0.2, -0.15) is 0 Å². The molecular formula is C20H24BN2O2+. The lowest BCUT2D eigenvalue weighted by Gasteiger charge is -2.37. The molecule has 0 atom stereocenters. The molecule has 1 heterocycles. The van der Waals surface area contributed by atoms with E-state index in [1.165, 1.54) is 16.8 Å². The van der Waals surface area contributed by atoms with E-state index in [1.54, 1.807) is 0 Å². The molecule has 1 aliphatic heterocycles. The Labute approximate surface area is 149 Å². The van der Waals surface area contributed by atoms with Crippen molar-refractivity contribution in [2.75, 3.05) is 33.1 Å². The summed E-state index contributed by atoms with van der Waals surface area (Å²) in [6.45, 7) is 4.50. The van der Waals surface area contributed by atoms with Gasteiger partial charge in [-0.1, -0.05) is 13.8 Å². The molecule has 3 aliphatic rings. The fraction of sp³-hybridized carbons (Fsp3) is 0.350. The molecule has 0 spiro atoms. The van der Waals surface area contributed by atoms with Gasteiger partial charge < -0.3 is 14.6 Å². The summed E-state index contributed by atoms with van der Waals surface area (Å²) in [7, 11) is 7.25. The smallest absolute Gasteiger partial charge is 0.531 e. The third kappa shape index (κ3) is 2.15. The lowest BCUT2D eigenvalue weighted by molar-refractivity contribution is -0.462. The Morgan fingerprint density at radius 1 is 1.16 bits per heavy atom. The molecule has 0 saturated carbocycles. The van der Waals surface area contributed by atoms with Crippen molar-refractivity contribution >= 4 is 29.7 Å². The molecule has 1 aromatic carbocycles. The maximum Gasteiger partial charge on any atom is 0.560 e. The largest absolute Gasteiger partial charge is 0.560 e. The first kappa shape index (κ1) is 16.2. The van der Waals surface area contributed by atoms with Crippen molar-refractivity contribution in [2.24, 2.45) is 0 Å². The van der Waals surface area contributed by atoms with Crippen LogP contribution >= 0.6 is 0 Å². The summed E-state index contributed by atoms with van der Waals surface area (Å²) < 4.78 is 8.02. The highest BCUT2D eigenvalue weighted by molar-refractivity contribution is 6.64. The topological polar surface area (TPSA) is 35.7 Å². The van der Waals surface area contributed by atoms with Gasteiger partial charge in [-0.25, -0.2) is 4.58 Å². The normalized spacial score (nSPS) is 19.4. The van der Waals surface area contributed by atoms with Crippen LogP contribution in [0.4, 0.5) is 5.69 Å². The van der Waals surface area contributed by atoms with Crippen LogP contribution in [0.15, 0.2) is 41.5 Å². The Morgan fingerprint density at radius 2 is 1.88 bits per heavy atom. The second kappa shape index (κ2) is 5.12. The van der Waals surface area contributed by atoms with Gasteiger partial charge in [0.1, 0.15) is 19.9 Å². The van der Waals surface area contributed by atoms with Crippen LogP contribution in [0.1, 0.15) is 25.0 Å². The van der Waals surface area contributed by atoms with Crippen LogP contribution in [-0.2, 0) is 10.1 Å². The number of hydrogen-bond acceptors (Lipinski definition) is 3. The summed E-state index contributed by atoms with van der Waals surface area (Å²) in [6.07, 6.45) is 6.46. The summed E-state index contributed by atoms with van der Waals surface area (Å²) in [5.41, 5.74) is 7.53. The van der Waals surface area contributed by atoms with Crippen LogP contribution < -0.4 is 10.4 Å². The maximum absolute atomic E-state index is 10.5. The summed E-state index contributed by atoms with van der Waals surface area (Å²) in [4.78, 5) is 2.07. The first-order chi connectivity index (χ1) is 11.7. The predicted molar refractivity (Wildman–Crippen MR) is 104 cm³/mol. The van der Waals surface area contributed by atoms with E-state index >= 15 is 0 Å². The van der Waals surface area contributed by atoms with Crippen molar-refractivity contribution in [3.05, 3.63) is 52.6 Å². The van der Waals surface area contributed by atoms with Crippen molar-refractivity contribution in [1.82, 2.24) is 0 Å². The van der Waals surface area contributed by atoms with Crippen molar-refractivity contribution in [1.29, 1.82) is 0 Å². The Bertz CT molecular complexity index is 916. The predicted octanol–water partition coefficient (Wildman–Crippen LogP) is 1.68. The highest BCUT2D eigenvalue weighted by Gasteiger charge is 2.46. The quantitative estimate of drug-likeness (QED) is 0.627.